The van der Waals surface area contributed by atoms with Crippen LogP contribution in [0, 0.1) is 5.82 Å². The number of halogens is 2. The van der Waals surface area contributed by atoms with Crippen LogP contribution in [0.5, 0.6) is 0 Å². The highest BCUT2D eigenvalue weighted by atomic mass is 35.5. The molecule has 0 saturated carbocycles. The van der Waals surface area contributed by atoms with Crippen LogP contribution in [0.15, 0.2) is 53.1 Å². The molecule has 0 aliphatic carbocycles. The van der Waals surface area contributed by atoms with Crippen LogP contribution >= 0.6 is 23.7 Å². The Morgan fingerprint density at radius 2 is 2.00 bits per heavy atom. The Labute approximate surface area is 168 Å². The van der Waals surface area contributed by atoms with Crippen LogP contribution in [-0.4, -0.2) is 16.8 Å². The minimum Gasteiger partial charge on any atom is -0.467 e. The standard InChI is InChI=1S/C20H21FN2O2S.ClH/c1-13(2)23(20(24)14-9-15(10-22)25-12-14)11-16-7-8-19(26-16)17-5-3-4-6-18(17)21;/h3-9,12-13H,10-11,22H2,1-2H3;1H. The van der Waals surface area contributed by atoms with Crippen molar-refractivity contribution in [2.24, 2.45) is 5.73 Å². The first-order chi connectivity index (χ1) is 12.5. The maximum atomic E-state index is 14.0. The summed E-state index contributed by atoms with van der Waals surface area (Å²) in [5, 5.41) is 0. The lowest BCUT2D eigenvalue weighted by molar-refractivity contribution is 0.0691. The number of hydrogen-bond donors (Lipinski definition) is 1. The molecule has 4 nitrogen and oxygen atoms in total. The van der Waals surface area contributed by atoms with Crippen LogP contribution in [0.2, 0.25) is 0 Å². The van der Waals surface area contributed by atoms with Gasteiger partial charge in [0.1, 0.15) is 17.8 Å². The first-order valence-corrected chi connectivity index (χ1v) is 9.23. The van der Waals surface area contributed by atoms with Gasteiger partial charge < -0.3 is 15.1 Å². The van der Waals surface area contributed by atoms with E-state index >= 15 is 0 Å². The van der Waals surface area contributed by atoms with E-state index in [-0.39, 0.29) is 36.7 Å². The van der Waals surface area contributed by atoms with E-state index in [1.54, 1.807) is 23.1 Å². The van der Waals surface area contributed by atoms with Gasteiger partial charge in [-0.05, 0) is 38.1 Å². The summed E-state index contributed by atoms with van der Waals surface area (Å²) < 4.78 is 19.3. The molecule has 0 spiro atoms. The molecule has 0 aliphatic rings. The van der Waals surface area contributed by atoms with Gasteiger partial charge in [-0.2, -0.15) is 0 Å². The van der Waals surface area contributed by atoms with Gasteiger partial charge >= 0.3 is 0 Å². The van der Waals surface area contributed by atoms with Gasteiger partial charge in [0.05, 0.1) is 18.7 Å². The van der Waals surface area contributed by atoms with Crippen LogP contribution in [0.25, 0.3) is 10.4 Å². The van der Waals surface area contributed by atoms with E-state index in [0.29, 0.717) is 23.4 Å². The Kier molecular flexibility index (Phi) is 7.18. The van der Waals surface area contributed by atoms with E-state index in [1.807, 2.05) is 32.0 Å². The highest BCUT2D eigenvalue weighted by Gasteiger charge is 2.22. The topological polar surface area (TPSA) is 59.5 Å². The van der Waals surface area contributed by atoms with E-state index in [1.165, 1.54) is 23.7 Å². The zero-order valence-corrected chi connectivity index (χ0v) is 16.8. The third-order valence-corrected chi connectivity index (χ3v) is 5.22. The van der Waals surface area contributed by atoms with Crippen molar-refractivity contribution in [3.8, 4) is 10.4 Å². The normalized spacial score (nSPS) is 10.7. The summed E-state index contributed by atoms with van der Waals surface area (Å²) in [5.74, 6) is 0.227. The molecule has 0 fully saturated rings. The summed E-state index contributed by atoms with van der Waals surface area (Å²) in [5.41, 5.74) is 6.61. The number of carbonyl (C=O) groups is 1. The fourth-order valence-electron chi connectivity index (χ4n) is 2.69. The van der Waals surface area contributed by atoms with Crippen LogP contribution in [-0.2, 0) is 13.1 Å². The summed E-state index contributed by atoms with van der Waals surface area (Å²) in [4.78, 5) is 16.4. The van der Waals surface area contributed by atoms with Crippen LogP contribution < -0.4 is 5.73 Å². The molecule has 0 bridgehead atoms. The highest BCUT2D eigenvalue weighted by molar-refractivity contribution is 7.15. The maximum absolute atomic E-state index is 14.0. The number of thiophene rings is 1. The van der Waals surface area contributed by atoms with Crippen molar-refractivity contribution in [3.05, 3.63) is 70.7 Å². The van der Waals surface area contributed by atoms with E-state index in [0.717, 1.165) is 9.75 Å². The van der Waals surface area contributed by atoms with Crippen molar-refractivity contribution >= 4 is 29.7 Å². The van der Waals surface area contributed by atoms with Gasteiger partial charge in [0.2, 0.25) is 0 Å². The number of nitrogens with zero attached hydrogens (tertiary/aromatic N) is 1. The Morgan fingerprint density at radius 1 is 1.26 bits per heavy atom. The molecule has 3 rings (SSSR count). The molecule has 2 aromatic heterocycles. The minimum absolute atomic E-state index is 0. The lowest BCUT2D eigenvalue weighted by Gasteiger charge is -2.25. The molecule has 1 aromatic carbocycles. The van der Waals surface area contributed by atoms with E-state index in [4.69, 9.17) is 10.2 Å². The largest absolute Gasteiger partial charge is 0.467 e. The van der Waals surface area contributed by atoms with Crippen LogP contribution in [0.1, 0.15) is 34.8 Å². The zero-order chi connectivity index (χ0) is 18.7. The second-order valence-corrected chi connectivity index (χ2v) is 7.45. The first kappa shape index (κ1) is 21.2. The summed E-state index contributed by atoms with van der Waals surface area (Å²) in [7, 11) is 0. The molecule has 1 amide bonds. The fourth-order valence-corrected chi connectivity index (χ4v) is 3.72. The minimum atomic E-state index is -0.245. The molecule has 2 N–H and O–H groups in total. The monoisotopic (exact) mass is 408 g/mol. The third-order valence-electron chi connectivity index (χ3n) is 4.11. The number of rotatable bonds is 6. The maximum Gasteiger partial charge on any atom is 0.257 e. The summed E-state index contributed by atoms with van der Waals surface area (Å²) in [6, 6.07) is 12.2. The van der Waals surface area contributed by atoms with Gasteiger partial charge in [-0.3, -0.25) is 4.79 Å². The molecule has 0 radical (unpaired) electrons. The van der Waals surface area contributed by atoms with Gasteiger partial charge in [-0.15, -0.1) is 23.7 Å². The van der Waals surface area contributed by atoms with Crippen molar-refractivity contribution in [3.63, 3.8) is 0 Å². The second kappa shape index (κ2) is 9.17. The predicted octanol–water partition coefficient (Wildman–Crippen LogP) is 5.08. The lowest BCUT2D eigenvalue weighted by atomic mass is 10.2. The molecule has 0 saturated heterocycles. The SMILES string of the molecule is CC(C)N(Cc1ccc(-c2ccccc2F)s1)C(=O)c1coc(CN)c1.Cl. The number of amides is 1. The molecule has 144 valence electrons. The zero-order valence-electron chi connectivity index (χ0n) is 15.1. The Hall–Kier alpha value is -2.15. The van der Waals surface area contributed by atoms with Crippen molar-refractivity contribution < 1.29 is 13.6 Å². The molecule has 27 heavy (non-hydrogen) atoms. The van der Waals surface area contributed by atoms with Gasteiger partial charge in [0.25, 0.3) is 5.91 Å². The van der Waals surface area contributed by atoms with Crippen molar-refractivity contribution in [1.82, 2.24) is 4.90 Å². The van der Waals surface area contributed by atoms with E-state index in [9.17, 15) is 9.18 Å². The van der Waals surface area contributed by atoms with Gasteiger partial charge in [-0.1, -0.05) is 18.2 Å². The summed E-state index contributed by atoms with van der Waals surface area (Å²) in [6.45, 7) is 4.64. The quantitative estimate of drug-likeness (QED) is 0.618. The predicted molar refractivity (Wildman–Crippen MR) is 109 cm³/mol. The lowest BCUT2D eigenvalue weighted by Crippen LogP contribution is -2.35. The fraction of sp³-hybridized carbons (Fsp3) is 0.250. The highest BCUT2D eigenvalue weighted by Crippen LogP contribution is 2.31. The molecule has 7 heteroatoms. The number of benzene rings is 1. The molecular formula is C20H22ClFN2O2S. The Bertz CT molecular complexity index is 907. The molecule has 0 aliphatic heterocycles. The van der Waals surface area contributed by atoms with Gasteiger partial charge in [0.15, 0.2) is 0 Å². The van der Waals surface area contributed by atoms with Gasteiger partial charge in [0, 0.05) is 21.4 Å². The smallest absolute Gasteiger partial charge is 0.257 e. The second-order valence-electron chi connectivity index (χ2n) is 6.28. The number of carbonyl (C=O) groups excluding carboxylic acids is 1. The van der Waals surface area contributed by atoms with Crippen molar-refractivity contribution in [1.29, 1.82) is 0 Å². The van der Waals surface area contributed by atoms with Crippen molar-refractivity contribution in [2.45, 2.75) is 33.0 Å². The number of hydrogen-bond acceptors (Lipinski definition) is 4. The molecular weight excluding hydrogens is 387 g/mol. The molecule has 0 unspecified atom stereocenters. The number of nitrogens with two attached hydrogens (primary N) is 1. The first-order valence-electron chi connectivity index (χ1n) is 8.41. The summed E-state index contributed by atoms with van der Waals surface area (Å²) in [6.07, 6.45) is 1.44. The number of furan rings is 1. The van der Waals surface area contributed by atoms with Gasteiger partial charge in [-0.25, -0.2) is 4.39 Å². The Morgan fingerprint density at radius 3 is 2.63 bits per heavy atom. The Balaban J connectivity index is 0.00000261. The average molecular weight is 409 g/mol. The van der Waals surface area contributed by atoms with Crippen LogP contribution in [0.3, 0.4) is 0 Å². The van der Waals surface area contributed by atoms with Crippen LogP contribution in [0.4, 0.5) is 4.39 Å². The van der Waals surface area contributed by atoms with E-state index in [2.05, 4.69) is 0 Å². The third kappa shape index (κ3) is 4.77. The molecule has 2 heterocycles. The average Bonchev–Trinajstić information content (AvgIpc) is 3.28. The molecule has 0 atom stereocenters. The van der Waals surface area contributed by atoms with E-state index < -0.39 is 0 Å². The molecule has 3 aromatic rings. The summed E-state index contributed by atoms with van der Waals surface area (Å²) >= 11 is 1.49. The van der Waals surface area contributed by atoms with Crippen molar-refractivity contribution in [2.75, 3.05) is 0 Å².